The third kappa shape index (κ3) is 13.9. The molecule has 0 aliphatic heterocycles. The van der Waals surface area contributed by atoms with Crippen LogP contribution in [-0.2, 0) is 4.79 Å². The Morgan fingerprint density at radius 3 is 1.48 bits per heavy atom. The average molecular weight is 296 g/mol. The molecule has 0 unspecified atom stereocenters. The van der Waals surface area contributed by atoms with Crippen LogP contribution in [0.2, 0.25) is 0 Å². The van der Waals surface area contributed by atoms with Crippen LogP contribution < -0.4 is 0 Å². The molecule has 0 bridgehead atoms. The molecule has 0 aromatic heterocycles. The van der Waals surface area contributed by atoms with Gasteiger partial charge in [0.05, 0.1) is 0 Å². The molecule has 2 heteroatoms. The van der Waals surface area contributed by atoms with Crippen LogP contribution in [0.3, 0.4) is 0 Å². The van der Waals surface area contributed by atoms with Crippen LogP contribution in [0, 0.1) is 0 Å². The summed E-state index contributed by atoms with van der Waals surface area (Å²) in [7, 11) is 0. The van der Waals surface area contributed by atoms with Crippen LogP contribution >= 0.6 is 0 Å². The number of aliphatic carboxylic acids is 1. The molecule has 0 aliphatic rings. The van der Waals surface area contributed by atoms with Crippen molar-refractivity contribution in [3.05, 3.63) is 11.6 Å². The van der Waals surface area contributed by atoms with E-state index in [9.17, 15) is 4.79 Å². The molecule has 1 N–H and O–H groups in total. The summed E-state index contributed by atoms with van der Waals surface area (Å²) in [4.78, 5) is 10.8. The first-order valence-corrected chi connectivity index (χ1v) is 9.10. The minimum absolute atomic E-state index is 0.568. The predicted octanol–water partition coefficient (Wildman–Crippen LogP) is 6.50. The van der Waals surface area contributed by atoms with Crippen molar-refractivity contribution in [1.29, 1.82) is 0 Å². The summed E-state index contributed by atoms with van der Waals surface area (Å²) in [5.41, 5.74) is 0.568. The molecule has 0 aromatic carbocycles. The smallest absolute Gasteiger partial charge is 0.331 e. The van der Waals surface area contributed by atoms with E-state index in [0.29, 0.717) is 5.57 Å². The zero-order valence-electron chi connectivity index (χ0n) is 14.3. The molecule has 0 spiro atoms. The van der Waals surface area contributed by atoms with Gasteiger partial charge in [-0.3, -0.25) is 0 Å². The first-order chi connectivity index (χ1) is 10.2. The number of hydrogen-bond donors (Lipinski definition) is 1. The lowest BCUT2D eigenvalue weighted by Gasteiger charge is -2.03. The second-order valence-electron chi connectivity index (χ2n) is 6.11. The Morgan fingerprint density at radius 1 is 0.762 bits per heavy atom. The van der Waals surface area contributed by atoms with Crippen molar-refractivity contribution in [2.75, 3.05) is 0 Å². The lowest BCUT2D eigenvalue weighted by molar-refractivity contribution is -0.132. The van der Waals surface area contributed by atoms with Crippen molar-refractivity contribution in [2.45, 2.75) is 104 Å². The van der Waals surface area contributed by atoms with Gasteiger partial charge < -0.3 is 5.11 Å². The summed E-state index contributed by atoms with van der Waals surface area (Å²) in [6, 6.07) is 0. The van der Waals surface area contributed by atoms with E-state index in [-0.39, 0.29) is 0 Å². The first-order valence-electron chi connectivity index (χ1n) is 9.10. The van der Waals surface area contributed by atoms with Gasteiger partial charge in [-0.15, -0.1) is 0 Å². The number of allylic oxidation sites excluding steroid dienone is 1. The molecular formula is C19H36O2. The summed E-state index contributed by atoms with van der Waals surface area (Å²) in [6.45, 7) is 4.08. The molecule has 0 saturated heterocycles. The normalized spacial score (nSPS) is 11.8. The quantitative estimate of drug-likeness (QED) is 0.277. The number of carboxylic acids is 1. The summed E-state index contributed by atoms with van der Waals surface area (Å²) in [5, 5.41) is 8.90. The summed E-state index contributed by atoms with van der Waals surface area (Å²) < 4.78 is 0. The molecule has 2 nitrogen and oxygen atoms in total. The SMILES string of the molecule is CC=C(CCCCCCCCCCCCCCC)C(=O)O. The van der Waals surface area contributed by atoms with E-state index in [1.807, 2.05) is 6.92 Å². The van der Waals surface area contributed by atoms with Crippen LogP contribution in [0.5, 0.6) is 0 Å². The minimum Gasteiger partial charge on any atom is -0.478 e. The maximum absolute atomic E-state index is 10.8. The Morgan fingerprint density at radius 2 is 1.14 bits per heavy atom. The van der Waals surface area contributed by atoms with E-state index in [4.69, 9.17) is 5.11 Å². The Kier molecular flexibility index (Phi) is 15.0. The lowest BCUT2D eigenvalue weighted by Crippen LogP contribution is -1.99. The van der Waals surface area contributed by atoms with E-state index in [1.54, 1.807) is 6.08 Å². The maximum Gasteiger partial charge on any atom is 0.331 e. The maximum atomic E-state index is 10.8. The van der Waals surface area contributed by atoms with Gasteiger partial charge in [0.15, 0.2) is 0 Å². The van der Waals surface area contributed by atoms with Gasteiger partial charge in [-0.2, -0.15) is 0 Å². The molecule has 0 rings (SSSR count). The van der Waals surface area contributed by atoms with E-state index >= 15 is 0 Å². The Balaban J connectivity index is 3.17. The number of carbonyl (C=O) groups is 1. The predicted molar refractivity (Wildman–Crippen MR) is 91.7 cm³/mol. The molecular weight excluding hydrogens is 260 g/mol. The Labute approximate surface area is 132 Å². The highest BCUT2D eigenvalue weighted by molar-refractivity contribution is 5.86. The van der Waals surface area contributed by atoms with Crippen LogP contribution in [-0.4, -0.2) is 11.1 Å². The van der Waals surface area contributed by atoms with E-state index in [1.165, 1.54) is 77.0 Å². The fraction of sp³-hybridized carbons (Fsp3) is 0.842. The fourth-order valence-electron chi connectivity index (χ4n) is 2.71. The summed E-state index contributed by atoms with van der Waals surface area (Å²) in [5.74, 6) is -0.753. The average Bonchev–Trinajstić information content (AvgIpc) is 2.47. The Bertz CT molecular complexity index is 269. The zero-order valence-corrected chi connectivity index (χ0v) is 14.3. The standard InChI is InChI=1S/C19H36O2/c1-3-5-6-7-8-9-10-11-12-13-14-15-16-17-18(4-2)19(20)21/h4H,3,5-17H2,1-2H3,(H,20,21). The molecule has 21 heavy (non-hydrogen) atoms. The van der Waals surface area contributed by atoms with Crippen molar-refractivity contribution in [1.82, 2.24) is 0 Å². The minimum atomic E-state index is -0.753. The number of hydrogen-bond acceptors (Lipinski definition) is 1. The Hall–Kier alpha value is -0.790. The van der Waals surface area contributed by atoms with Crippen molar-refractivity contribution in [3.8, 4) is 0 Å². The van der Waals surface area contributed by atoms with Crippen LogP contribution in [0.1, 0.15) is 104 Å². The van der Waals surface area contributed by atoms with Crippen molar-refractivity contribution >= 4 is 5.97 Å². The van der Waals surface area contributed by atoms with E-state index < -0.39 is 5.97 Å². The molecule has 0 fully saturated rings. The molecule has 0 radical (unpaired) electrons. The summed E-state index contributed by atoms with van der Waals surface area (Å²) >= 11 is 0. The third-order valence-electron chi connectivity index (χ3n) is 4.17. The van der Waals surface area contributed by atoms with E-state index in [2.05, 4.69) is 6.92 Å². The van der Waals surface area contributed by atoms with Gasteiger partial charge in [-0.05, 0) is 19.8 Å². The van der Waals surface area contributed by atoms with Gasteiger partial charge in [0.25, 0.3) is 0 Å². The number of rotatable bonds is 15. The second kappa shape index (κ2) is 15.6. The number of carboxylic acid groups (broad SMARTS) is 1. The molecule has 0 aliphatic carbocycles. The molecule has 0 atom stereocenters. The zero-order chi connectivity index (χ0) is 15.8. The molecule has 0 saturated carbocycles. The molecule has 0 amide bonds. The molecule has 0 heterocycles. The second-order valence-corrected chi connectivity index (χ2v) is 6.11. The van der Waals surface area contributed by atoms with Crippen LogP contribution in [0.4, 0.5) is 0 Å². The highest BCUT2D eigenvalue weighted by Gasteiger charge is 2.04. The van der Waals surface area contributed by atoms with Gasteiger partial charge in [-0.25, -0.2) is 4.79 Å². The van der Waals surface area contributed by atoms with Crippen LogP contribution in [0.15, 0.2) is 11.6 Å². The molecule has 124 valence electrons. The van der Waals surface area contributed by atoms with Crippen molar-refractivity contribution < 1.29 is 9.90 Å². The lowest BCUT2D eigenvalue weighted by atomic mass is 10.0. The monoisotopic (exact) mass is 296 g/mol. The number of unbranched alkanes of at least 4 members (excludes halogenated alkanes) is 12. The van der Waals surface area contributed by atoms with Gasteiger partial charge in [0.2, 0.25) is 0 Å². The van der Waals surface area contributed by atoms with Gasteiger partial charge >= 0.3 is 5.97 Å². The van der Waals surface area contributed by atoms with Crippen LogP contribution in [0.25, 0.3) is 0 Å². The first kappa shape index (κ1) is 20.2. The van der Waals surface area contributed by atoms with E-state index in [0.717, 1.165) is 12.8 Å². The fourth-order valence-corrected chi connectivity index (χ4v) is 2.71. The van der Waals surface area contributed by atoms with Gasteiger partial charge in [0.1, 0.15) is 0 Å². The highest BCUT2D eigenvalue weighted by atomic mass is 16.4. The largest absolute Gasteiger partial charge is 0.478 e. The highest BCUT2D eigenvalue weighted by Crippen LogP contribution is 2.14. The van der Waals surface area contributed by atoms with Gasteiger partial charge in [-0.1, -0.05) is 90.0 Å². The third-order valence-corrected chi connectivity index (χ3v) is 4.17. The van der Waals surface area contributed by atoms with Crippen molar-refractivity contribution in [3.63, 3.8) is 0 Å². The summed E-state index contributed by atoms with van der Waals surface area (Å²) in [6.07, 6.45) is 19.7. The topological polar surface area (TPSA) is 37.3 Å². The molecule has 0 aromatic rings. The van der Waals surface area contributed by atoms with Gasteiger partial charge in [0, 0.05) is 5.57 Å². The van der Waals surface area contributed by atoms with Crippen molar-refractivity contribution in [2.24, 2.45) is 0 Å².